The fraction of sp³-hybridized carbons (Fsp3) is 0.500. The number of benzene rings is 1. The van der Waals surface area contributed by atoms with Gasteiger partial charge in [-0.1, -0.05) is 12.1 Å². The first-order valence-corrected chi connectivity index (χ1v) is 7.15. The minimum atomic E-state index is 0.309. The summed E-state index contributed by atoms with van der Waals surface area (Å²) in [6, 6.07) is 8.07. The number of para-hydroxylation sites is 2. The number of imidazole rings is 1. The number of hydrogen-bond donors (Lipinski definition) is 0. The number of ketones is 1. The van der Waals surface area contributed by atoms with Crippen LogP contribution >= 0.6 is 0 Å². The summed E-state index contributed by atoms with van der Waals surface area (Å²) in [5.74, 6) is 3.35. The Balaban J connectivity index is 1.57. The molecular weight excluding hydrogens is 236 g/mol. The highest BCUT2D eigenvalue weighted by molar-refractivity contribution is 5.84. The van der Waals surface area contributed by atoms with E-state index < -0.39 is 0 Å². The van der Waals surface area contributed by atoms with Crippen molar-refractivity contribution in [1.82, 2.24) is 9.55 Å². The van der Waals surface area contributed by atoms with Crippen LogP contribution in [0.3, 0.4) is 0 Å². The number of carbonyl (C=O) groups excluding carboxylic acids is 1. The quantitative estimate of drug-likeness (QED) is 0.844. The van der Waals surface area contributed by atoms with Gasteiger partial charge in [-0.15, -0.1) is 0 Å². The van der Waals surface area contributed by atoms with Crippen molar-refractivity contribution < 1.29 is 4.79 Å². The topological polar surface area (TPSA) is 34.9 Å². The summed E-state index contributed by atoms with van der Waals surface area (Å²) in [6.45, 7) is 0. The molecule has 2 saturated carbocycles. The molecule has 98 valence electrons. The van der Waals surface area contributed by atoms with Crippen molar-refractivity contribution in [3.05, 3.63) is 30.1 Å². The van der Waals surface area contributed by atoms with Gasteiger partial charge < -0.3 is 4.57 Å². The lowest BCUT2D eigenvalue weighted by Crippen LogP contribution is -2.17. The Morgan fingerprint density at radius 3 is 2.74 bits per heavy atom. The number of carbonyl (C=O) groups is 1. The molecule has 2 aliphatic rings. The average molecular weight is 254 g/mol. The molecule has 0 radical (unpaired) electrons. The van der Waals surface area contributed by atoms with Crippen LogP contribution in [0.1, 0.15) is 25.1 Å². The molecule has 2 aliphatic carbocycles. The molecule has 0 saturated heterocycles. The van der Waals surface area contributed by atoms with E-state index in [9.17, 15) is 4.79 Å². The first-order valence-electron chi connectivity index (χ1n) is 7.15. The number of nitrogens with zero attached hydrogens (tertiary/aromatic N) is 2. The molecule has 0 amide bonds. The number of fused-ring (bicyclic) bond motifs is 2. The maximum absolute atomic E-state index is 12.4. The highest BCUT2D eigenvalue weighted by atomic mass is 16.1. The van der Waals surface area contributed by atoms with E-state index in [0.717, 1.165) is 41.5 Å². The molecule has 0 aliphatic heterocycles. The van der Waals surface area contributed by atoms with Crippen molar-refractivity contribution in [3.63, 3.8) is 0 Å². The monoisotopic (exact) mass is 254 g/mol. The van der Waals surface area contributed by atoms with Crippen LogP contribution in [0.2, 0.25) is 0 Å². The van der Waals surface area contributed by atoms with Crippen LogP contribution in [0, 0.1) is 17.8 Å². The smallest absolute Gasteiger partial charge is 0.143 e. The largest absolute Gasteiger partial charge is 0.331 e. The number of aryl methyl sites for hydroxylation is 1. The van der Waals surface area contributed by atoms with Gasteiger partial charge in [0.05, 0.1) is 17.5 Å². The molecule has 3 nitrogen and oxygen atoms in total. The summed E-state index contributed by atoms with van der Waals surface area (Å²) in [5.41, 5.74) is 2.10. The Kier molecular flexibility index (Phi) is 2.32. The molecule has 1 heterocycles. The molecular formula is C16H18N2O. The molecule has 4 rings (SSSR count). The van der Waals surface area contributed by atoms with Crippen LogP contribution in [0.4, 0.5) is 0 Å². The second-order valence-corrected chi connectivity index (χ2v) is 6.14. The van der Waals surface area contributed by atoms with Gasteiger partial charge in [0.1, 0.15) is 11.6 Å². The van der Waals surface area contributed by atoms with Crippen LogP contribution in [-0.2, 0) is 18.3 Å². The third-order valence-electron chi connectivity index (χ3n) is 4.91. The second-order valence-electron chi connectivity index (χ2n) is 6.14. The van der Waals surface area contributed by atoms with Crippen molar-refractivity contribution in [2.75, 3.05) is 0 Å². The van der Waals surface area contributed by atoms with E-state index in [4.69, 9.17) is 0 Å². The molecule has 2 unspecified atom stereocenters. The molecule has 19 heavy (non-hydrogen) atoms. The van der Waals surface area contributed by atoms with E-state index in [1.54, 1.807) is 0 Å². The van der Waals surface area contributed by atoms with Crippen LogP contribution in [0.15, 0.2) is 24.3 Å². The summed E-state index contributed by atoms with van der Waals surface area (Å²) in [5, 5.41) is 0. The number of hydrogen-bond acceptors (Lipinski definition) is 2. The lowest BCUT2D eigenvalue weighted by Gasteiger charge is -2.10. The minimum absolute atomic E-state index is 0.309. The van der Waals surface area contributed by atoms with E-state index in [1.165, 1.54) is 6.42 Å². The van der Waals surface area contributed by atoms with E-state index in [1.807, 2.05) is 25.2 Å². The van der Waals surface area contributed by atoms with Crippen LogP contribution in [0.5, 0.6) is 0 Å². The number of aromatic nitrogens is 2. The third kappa shape index (κ3) is 1.79. The maximum atomic E-state index is 12.4. The van der Waals surface area contributed by atoms with Crippen LogP contribution in [-0.4, -0.2) is 15.3 Å². The summed E-state index contributed by atoms with van der Waals surface area (Å²) < 4.78 is 2.06. The molecule has 2 fully saturated rings. The Morgan fingerprint density at radius 1 is 1.26 bits per heavy atom. The van der Waals surface area contributed by atoms with Crippen molar-refractivity contribution in [3.8, 4) is 0 Å². The number of rotatable bonds is 3. The molecule has 1 aromatic carbocycles. The molecule has 0 bridgehead atoms. The zero-order valence-electron chi connectivity index (χ0n) is 11.2. The van der Waals surface area contributed by atoms with Gasteiger partial charge in [0.25, 0.3) is 0 Å². The fourth-order valence-corrected chi connectivity index (χ4v) is 3.63. The molecule has 2 aromatic rings. The van der Waals surface area contributed by atoms with Crippen molar-refractivity contribution >= 4 is 16.8 Å². The number of Topliss-reactive ketones (excluding diaryl/α,β-unsaturated/α-hetero) is 1. The lowest BCUT2D eigenvalue weighted by atomic mass is 9.96. The van der Waals surface area contributed by atoms with E-state index in [2.05, 4.69) is 15.6 Å². The van der Waals surface area contributed by atoms with Crippen molar-refractivity contribution in [1.29, 1.82) is 0 Å². The minimum Gasteiger partial charge on any atom is -0.331 e. The Labute approximate surface area is 112 Å². The summed E-state index contributed by atoms with van der Waals surface area (Å²) in [6.07, 6.45) is 4.13. The SMILES string of the molecule is Cn1c(CC(=O)C2CC3CC3C2)nc2ccccc21. The molecule has 3 heteroatoms. The van der Waals surface area contributed by atoms with Crippen LogP contribution < -0.4 is 0 Å². The first-order chi connectivity index (χ1) is 9.22. The van der Waals surface area contributed by atoms with Gasteiger partial charge in [0, 0.05) is 13.0 Å². The zero-order chi connectivity index (χ0) is 13.0. The Hall–Kier alpha value is -1.64. The highest BCUT2D eigenvalue weighted by Crippen LogP contribution is 2.54. The van der Waals surface area contributed by atoms with Gasteiger partial charge in [-0.3, -0.25) is 4.79 Å². The maximum Gasteiger partial charge on any atom is 0.143 e. The van der Waals surface area contributed by atoms with E-state index in [0.29, 0.717) is 18.1 Å². The van der Waals surface area contributed by atoms with E-state index in [-0.39, 0.29) is 0 Å². The van der Waals surface area contributed by atoms with Crippen molar-refractivity contribution in [2.24, 2.45) is 24.8 Å². The van der Waals surface area contributed by atoms with Gasteiger partial charge >= 0.3 is 0 Å². The van der Waals surface area contributed by atoms with Gasteiger partial charge in [0.2, 0.25) is 0 Å². The lowest BCUT2D eigenvalue weighted by molar-refractivity contribution is -0.122. The van der Waals surface area contributed by atoms with Gasteiger partial charge in [0.15, 0.2) is 0 Å². The molecule has 1 aromatic heterocycles. The summed E-state index contributed by atoms with van der Waals surface area (Å²) in [4.78, 5) is 17.0. The average Bonchev–Trinajstić information content (AvgIpc) is 2.90. The normalized spacial score (nSPS) is 28.6. The highest BCUT2D eigenvalue weighted by Gasteiger charge is 2.47. The van der Waals surface area contributed by atoms with E-state index >= 15 is 0 Å². The van der Waals surface area contributed by atoms with Gasteiger partial charge in [-0.2, -0.15) is 0 Å². The Morgan fingerprint density at radius 2 is 2.00 bits per heavy atom. The predicted molar refractivity (Wildman–Crippen MR) is 73.7 cm³/mol. The fourth-order valence-electron chi connectivity index (χ4n) is 3.63. The second kappa shape index (κ2) is 3.92. The van der Waals surface area contributed by atoms with Gasteiger partial charge in [-0.05, 0) is 43.2 Å². The summed E-state index contributed by atoms with van der Waals surface area (Å²) in [7, 11) is 2.00. The molecule has 2 atom stereocenters. The first kappa shape index (κ1) is 11.2. The predicted octanol–water partition coefficient (Wildman–Crippen LogP) is 2.73. The van der Waals surface area contributed by atoms with Crippen LogP contribution in [0.25, 0.3) is 11.0 Å². The Bertz CT molecular complexity index is 648. The zero-order valence-corrected chi connectivity index (χ0v) is 11.2. The van der Waals surface area contributed by atoms with Gasteiger partial charge in [-0.25, -0.2) is 4.98 Å². The third-order valence-corrected chi connectivity index (χ3v) is 4.91. The standard InChI is InChI=1S/C16H18N2O/c1-18-14-5-3-2-4-13(14)17-16(18)9-15(19)12-7-10-6-11(10)8-12/h2-5,10-12H,6-9H2,1H3. The molecule has 0 spiro atoms. The molecule has 0 N–H and O–H groups in total. The van der Waals surface area contributed by atoms with Crippen molar-refractivity contribution in [2.45, 2.75) is 25.7 Å². The summed E-state index contributed by atoms with van der Waals surface area (Å²) >= 11 is 0.